The zero-order chi connectivity index (χ0) is 2.71. The standard InChI is InChI=1S/2BrH.FH2OP/c;;1-3-2/h2*1H;3H2. The van der Waals surface area contributed by atoms with Crippen molar-refractivity contribution in [2.75, 3.05) is 0 Å². The smallest absolute Gasteiger partial charge is 0.223 e. The van der Waals surface area contributed by atoms with Crippen molar-refractivity contribution in [2.24, 2.45) is 0 Å². The summed E-state index contributed by atoms with van der Waals surface area (Å²) >= 11 is 0. The molecule has 0 heterocycles. The van der Waals surface area contributed by atoms with Crippen LogP contribution in [0.1, 0.15) is 0 Å². The molecule has 0 aromatic heterocycles. The van der Waals surface area contributed by atoms with Gasteiger partial charge in [0.15, 0.2) is 0 Å². The van der Waals surface area contributed by atoms with Crippen LogP contribution in [-0.4, -0.2) is 0 Å². The third-order valence-electron chi connectivity index (χ3n) is 0. The average molecular weight is 230 g/mol. The van der Waals surface area contributed by atoms with Gasteiger partial charge in [-0.1, -0.05) is 0 Å². The first-order valence-electron chi connectivity index (χ1n) is 0.454. The van der Waals surface area contributed by atoms with Crippen molar-refractivity contribution in [1.82, 2.24) is 0 Å². The molecule has 0 aliphatic rings. The Morgan fingerprint density at radius 2 is 1.40 bits per heavy atom. The molecule has 1 atom stereocenters. The van der Waals surface area contributed by atoms with Gasteiger partial charge in [-0.05, 0) is 0 Å². The second kappa shape index (κ2) is 19.3. The minimum absolute atomic E-state index is 0. The van der Waals surface area contributed by atoms with Crippen LogP contribution in [0.25, 0.3) is 0 Å². The summed E-state index contributed by atoms with van der Waals surface area (Å²) in [6.45, 7) is 0. The molecule has 1 unspecified atom stereocenters. The zero-order valence-electron chi connectivity index (χ0n) is 2.18. The van der Waals surface area contributed by atoms with Gasteiger partial charge in [0.25, 0.3) is 0 Å². The molecule has 0 fully saturated rings. The fraction of sp³-hybridized carbons (Fsp3) is 0. The monoisotopic (exact) mass is 228 g/mol. The lowest BCUT2D eigenvalue weighted by Gasteiger charge is -1.25. The first-order chi connectivity index (χ1) is 1.41. The van der Waals surface area contributed by atoms with Gasteiger partial charge in [0, 0.05) is 0 Å². The molecule has 0 aromatic rings. The van der Waals surface area contributed by atoms with E-state index in [0.717, 1.165) is 0 Å². The van der Waals surface area contributed by atoms with Crippen LogP contribution >= 0.6 is 42.7 Å². The Kier molecular flexibility index (Phi) is 63.7. The number of hydrogen-bond acceptors (Lipinski definition) is 1. The molecule has 0 saturated carbocycles. The van der Waals surface area contributed by atoms with Gasteiger partial charge in [-0.25, -0.2) is 0 Å². The fourth-order valence-corrected chi connectivity index (χ4v) is 0. The molecule has 1 nitrogen and oxygen atoms in total. The third-order valence-corrected chi connectivity index (χ3v) is 0. The minimum atomic E-state index is -2.00. The summed E-state index contributed by atoms with van der Waals surface area (Å²) in [6.07, 6.45) is 0. The maximum absolute atomic E-state index is 9.82. The van der Waals surface area contributed by atoms with Crippen LogP contribution in [-0.2, 0) is 4.57 Å². The predicted octanol–water partition coefficient (Wildman–Crippen LogP) is 1.78. The highest BCUT2D eigenvalue weighted by Gasteiger charge is 1.24. The highest BCUT2D eigenvalue weighted by atomic mass is 79.9. The van der Waals surface area contributed by atoms with Gasteiger partial charge in [0.1, 0.15) is 0 Å². The molecule has 5 heavy (non-hydrogen) atoms. The van der Waals surface area contributed by atoms with E-state index in [2.05, 4.69) is 0 Å². The quantitative estimate of drug-likeness (QED) is 0.579. The van der Waals surface area contributed by atoms with Gasteiger partial charge in [0.05, 0.1) is 0 Å². The molecule has 0 aliphatic carbocycles. The van der Waals surface area contributed by atoms with Crippen LogP contribution < -0.4 is 0 Å². The average Bonchev–Trinajstić information content (AvgIpc) is 0.918. The van der Waals surface area contributed by atoms with Gasteiger partial charge < -0.3 is 0 Å². The van der Waals surface area contributed by atoms with E-state index in [1.807, 2.05) is 0 Å². The van der Waals surface area contributed by atoms with Crippen LogP contribution in [0.15, 0.2) is 0 Å². The maximum atomic E-state index is 9.82. The summed E-state index contributed by atoms with van der Waals surface area (Å²) in [7, 11) is -2.00. The lowest BCUT2D eigenvalue weighted by atomic mass is 16.0. The minimum Gasteiger partial charge on any atom is -0.294 e. The second-order valence-corrected chi connectivity index (χ2v) is 0.267. The summed E-state index contributed by atoms with van der Waals surface area (Å²) in [5.74, 6) is 0. The van der Waals surface area contributed by atoms with Crippen molar-refractivity contribution in [3.05, 3.63) is 0 Å². The van der Waals surface area contributed by atoms with Crippen molar-refractivity contribution in [2.45, 2.75) is 0 Å². The number of halogens is 3. The van der Waals surface area contributed by atoms with Crippen molar-refractivity contribution in [3.63, 3.8) is 0 Å². The van der Waals surface area contributed by atoms with Crippen molar-refractivity contribution in [3.8, 4) is 0 Å². The Hall–Kier alpha value is 1.12. The van der Waals surface area contributed by atoms with E-state index in [-0.39, 0.29) is 34.0 Å². The molecule has 0 N–H and O–H groups in total. The molecule has 0 bridgehead atoms. The first kappa shape index (κ1) is 16.5. The molecule has 0 radical (unpaired) electrons. The molecule has 0 aliphatic heterocycles. The molecule has 0 aromatic carbocycles. The van der Waals surface area contributed by atoms with Crippen LogP contribution in [0, 0.1) is 0 Å². The van der Waals surface area contributed by atoms with Gasteiger partial charge in [0.2, 0.25) is 8.77 Å². The molecular formula is H4Br2FOP. The lowest BCUT2D eigenvalue weighted by Crippen LogP contribution is -0.761. The Morgan fingerprint density at radius 1 is 1.40 bits per heavy atom. The summed E-state index contributed by atoms with van der Waals surface area (Å²) in [6, 6.07) is 0. The molecule has 36 valence electrons. The van der Waals surface area contributed by atoms with E-state index in [4.69, 9.17) is 4.57 Å². The Morgan fingerprint density at radius 3 is 1.40 bits per heavy atom. The Balaban J connectivity index is -0.0000000200. The summed E-state index contributed by atoms with van der Waals surface area (Å²) < 4.78 is 18.2. The lowest BCUT2D eigenvalue weighted by molar-refractivity contribution is 0.575. The van der Waals surface area contributed by atoms with Crippen molar-refractivity contribution < 1.29 is 8.76 Å². The van der Waals surface area contributed by atoms with Crippen molar-refractivity contribution in [1.29, 1.82) is 0 Å². The Bertz CT molecular complexity index is 17.1. The predicted molar refractivity (Wildman–Crippen MR) is 32.1 cm³/mol. The van der Waals surface area contributed by atoms with Gasteiger partial charge >= 0.3 is 0 Å². The van der Waals surface area contributed by atoms with Crippen LogP contribution in [0.5, 0.6) is 0 Å². The zero-order valence-corrected chi connectivity index (χ0v) is 6.76. The molecule has 0 spiro atoms. The highest BCUT2D eigenvalue weighted by molar-refractivity contribution is 8.93. The SMILES string of the molecule is Br.Br.O=[PH2]F. The van der Waals surface area contributed by atoms with Crippen LogP contribution in [0.4, 0.5) is 4.20 Å². The van der Waals surface area contributed by atoms with Gasteiger partial charge in [-0.2, -0.15) is 4.20 Å². The topological polar surface area (TPSA) is 17.1 Å². The van der Waals surface area contributed by atoms with E-state index in [0.29, 0.717) is 0 Å². The molecule has 0 rings (SSSR count). The summed E-state index contributed by atoms with van der Waals surface area (Å²) in [4.78, 5) is 0. The summed E-state index contributed by atoms with van der Waals surface area (Å²) in [5, 5.41) is 0. The number of hydrogen-bond donors (Lipinski definition) is 0. The maximum Gasteiger partial charge on any atom is 0.223 e. The normalized spacial score (nSPS) is 5.80. The fourth-order valence-electron chi connectivity index (χ4n) is 0. The summed E-state index contributed by atoms with van der Waals surface area (Å²) in [5.41, 5.74) is 0. The van der Waals surface area contributed by atoms with Crippen LogP contribution in [0.2, 0.25) is 0 Å². The van der Waals surface area contributed by atoms with E-state index >= 15 is 0 Å². The van der Waals surface area contributed by atoms with E-state index in [1.54, 1.807) is 0 Å². The third kappa shape index (κ3) is 39.7. The second-order valence-electron chi connectivity index (χ2n) is 0.0891. The molecule has 0 amide bonds. The largest absolute Gasteiger partial charge is 0.294 e. The van der Waals surface area contributed by atoms with Gasteiger partial charge in [-0.15, -0.1) is 34.0 Å². The Labute approximate surface area is 51.8 Å². The molecule has 0 saturated heterocycles. The van der Waals surface area contributed by atoms with E-state index < -0.39 is 8.77 Å². The van der Waals surface area contributed by atoms with Gasteiger partial charge in [-0.3, -0.25) is 4.57 Å². The highest BCUT2D eigenvalue weighted by Crippen LogP contribution is 1.83. The van der Waals surface area contributed by atoms with Crippen LogP contribution in [0.3, 0.4) is 0 Å². The first-order valence-corrected chi connectivity index (χ1v) is 1.36. The van der Waals surface area contributed by atoms with E-state index in [1.165, 1.54) is 0 Å². The van der Waals surface area contributed by atoms with E-state index in [9.17, 15) is 4.20 Å². The van der Waals surface area contributed by atoms with Crippen molar-refractivity contribution >= 4 is 42.7 Å². The molecular weight excluding hydrogens is 226 g/mol. The number of rotatable bonds is 0. The molecule has 5 heteroatoms.